The van der Waals surface area contributed by atoms with E-state index in [-0.39, 0.29) is 50.1 Å². The number of halogens is 2. The fraction of sp³-hybridized carbons (Fsp3) is 0.281. The summed E-state index contributed by atoms with van der Waals surface area (Å²) in [6.45, 7) is 24.5. The van der Waals surface area contributed by atoms with Crippen LogP contribution in [0.15, 0.2) is 167 Å². The molecule has 0 saturated carbocycles. The van der Waals surface area contributed by atoms with E-state index in [1.807, 2.05) is 0 Å². The fourth-order valence-electron chi connectivity index (χ4n) is 10.2. The van der Waals surface area contributed by atoms with Gasteiger partial charge in [-0.25, -0.2) is 0 Å². The molecule has 306 valence electrons. The summed E-state index contributed by atoms with van der Waals surface area (Å²) in [4.78, 5) is 0. The first kappa shape index (κ1) is 45.7. The maximum atomic E-state index is 2.67. The van der Waals surface area contributed by atoms with Crippen molar-refractivity contribution in [1.29, 1.82) is 0 Å². The van der Waals surface area contributed by atoms with Crippen molar-refractivity contribution in [3.05, 3.63) is 200 Å². The summed E-state index contributed by atoms with van der Waals surface area (Å²) in [5.41, 5.74) is 16.4. The Balaban J connectivity index is 0.00000302. The maximum Gasteiger partial charge on any atom is -1.00 e. The molecule has 0 amide bonds. The van der Waals surface area contributed by atoms with Crippen molar-refractivity contribution >= 4 is 3.21 Å². The van der Waals surface area contributed by atoms with Crippen LogP contribution in [0.25, 0.3) is 33.4 Å². The molecule has 0 aliphatic heterocycles. The van der Waals surface area contributed by atoms with Gasteiger partial charge in [0.05, 0.1) is 0 Å². The van der Waals surface area contributed by atoms with Crippen molar-refractivity contribution < 1.29 is 46.1 Å². The summed E-state index contributed by atoms with van der Waals surface area (Å²) in [5.74, 6) is 0. The van der Waals surface area contributed by atoms with E-state index in [2.05, 4.69) is 233 Å². The van der Waals surface area contributed by atoms with Crippen LogP contribution < -0.4 is 24.8 Å². The number of benzene rings is 6. The molecule has 0 radical (unpaired) electrons. The number of fused-ring (bicyclic) bond motifs is 3. The van der Waals surface area contributed by atoms with Crippen LogP contribution in [0.4, 0.5) is 0 Å². The molecule has 3 heteroatoms. The summed E-state index contributed by atoms with van der Waals surface area (Å²) in [5, 5.41) is 0. The Bertz CT molecular complexity index is 2400. The molecule has 0 N–H and O–H groups in total. The molecule has 0 atom stereocenters. The Morgan fingerprint density at radius 2 is 0.833 bits per heavy atom. The molecule has 0 unspecified atom stereocenters. The standard InChI is InChI=1S/C33H33.C19H22.C5H5.2ClH.Zr/c1-32(2,3)30-20-26-24(18-28(30)22-13-9-7-10-14-22)17-25-19-29(23-15-11-8-12-16-23)31(21-27(25)26)33(4,5)6;1-18(2,16-11-7-5-8-12-16)15-19(3,4)17-13-9-6-10-14-17;1-2-4-5-3-1;;;/h7-21H,1-6H3;5-14H,1-4H3;1-3H,4H2;2*1H;/q;;;;;+2/p-2. The second-order valence-electron chi connectivity index (χ2n) is 19.7. The minimum absolute atomic E-state index is 0. The molecule has 2 aliphatic rings. The molecule has 2 aliphatic carbocycles. The SMILES string of the molecule is CC(C)(C)c1cc2c(cc1-c1ccccc1)[CH]([Zr+2]([C]1=CC=CC1)=[C](C(C)(C)c1ccccc1)C(C)(C)c1ccccc1)c1cc(-c3ccccc3)c(C(C)(C)C)cc1-2.[Cl-].[Cl-]. The first-order valence-corrected chi connectivity index (χ1v) is 25.2. The van der Waals surface area contributed by atoms with Crippen LogP contribution in [-0.2, 0) is 42.9 Å². The van der Waals surface area contributed by atoms with Gasteiger partial charge in [-0.3, -0.25) is 0 Å². The summed E-state index contributed by atoms with van der Waals surface area (Å²) >= 11 is -3.08. The Hall–Kier alpha value is -3.87. The second-order valence-corrected chi connectivity index (χ2v) is 26.0. The molecule has 0 bridgehead atoms. The van der Waals surface area contributed by atoms with Crippen molar-refractivity contribution in [2.24, 2.45) is 0 Å². The van der Waals surface area contributed by atoms with Crippen molar-refractivity contribution in [2.75, 3.05) is 0 Å². The summed E-state index contributed by atoms with van der Waals surface area (Å²) in [6, 6.07) is 55.8. The molecule has 0 spiro atoms. The van der Waals surface area contributed by atoms with Crippen molar-refractivity contribution in [2.45, 2.75) is 101 Å². The maximum absolute atomic E-state index is 3.08. The smallest absolute Gasteiger partial charge is 1.00 e. The van der Waals surface area contributed by atoms with Gasteiger partial charge in [-0.05, 0) is 0 Å². The Morgan fingerprint density at radius 1 is 0.467 bits per heavy atom. The van der Waals surface area contributed by atoms with Gasteiger partial charge in [-0.1, -0.05) is 0 Å². The van der Waals surface area contributed by atoms with Crippen LogP contribution in [0.2, 0.25) is 0 Å². The molecule has 0 heterocycles. The molecule has 0 aromatic heterocycles. The molecule has 0 fully saturated rings. The first-order valence-electron chi connectivity index (χ1n) is 21.3. The molecular weight excluding hydrogens is 847 g/mol. The van der Waals surface area contributed by atoms with Crippen LogP contribution in [0, 0.1) is 0 Å². The molecule has 60 heavy (non-hydrogen) atoms. The molecule has 0 nitrogen and oxygen atoms in total. The van der Waals surface area contributed by atoms with Crippen LogP contribution in [0.5, 0.6) is 0 Å². The quantitative estimate of drug-likeness (QED) is 0.143. The van der Waals surface area contributed by atoms with Crippen LogP contribution in [0.1, 0.15) is 113 Å². The van der Waals surface area contributed by atoms with Crippen molar-refractivity contribution in [1.82, 2.24) is 0 Å². The minimum atomic E-state index is -3.08. The van der Waals surface area contributed by atoms with Crippen molar-refractivity contribution in [3.63, 3.8) is 0 Å². The Morgan fingerprint density at radius 3 is 1.17 bits per heavy atom. The summed E-state index contributed by atoms with van der Waals surface area (Å²) in [6.07, 6.45) is 8.35. The first-order chi connectivity index (χ1) is 27.6. The second kappa shape index (κ2) is 17.5. The average Bonchev–Trinajstić information content (AvgIpc) is 3.86. The Kier molecular flexibility index (Phi) is 13.3. The van der Waals surface area contributed by atoms with Crippen LogP contribution in [-0.4, -0.2) is 3.21 Å². The van der Waals surface area contributed by atoms with Gasteiger partial charge in [-0.2, -0.15) is 0 Å². The number of hydrogen-bond donors (Lipinski definition) is 0. The topological polar surface area (TPSA) is 0 Å². The summed E-state index contributed by atoms with van der Waals surface area (Å²) < 4.78 is 3.73. The third-order valence-electron chi connectivity index (χ3n) is 13.0. The third kappa shape index (κ3) is 8.37. The minimum Gasteiger partial charge on any atom is -1.00 e. The molecule has 0 saturated heterocycles. The predicted molar refractivity (Wildman–Crippen MR) is 248 cm³/mol. The van der Waals surface area contributed by atoms with Gasteiger partial charge in [0, 0.05) is 0 Å². The normalized spacial score (nSPS) is 13.7. The third-order valence-corrected chi connectivity index (χ3v) is 23.0. The van der Waals surface area contributed by atoms with E-state index < -0.39 is 21.3 Å². The van der Waals surface area contributed by atoms with E-state index in [1.165, 1.54) is 66.8 Å². The van der Waals surface area contributed by atoms with E-state index in [9.17, 15) is 0 Å². The van der Waals surface area contributed by atoms with E-state index in [4.69, 9.17) is 0 Å². The molecule has 8 rings (SSSR count). The largest absolute Gasteiger partial charge is 1.00 e. The van der Waals surface area contributed by atoms with E-state index in [0.29, 0.717) is 0 Å². The van der Waals surface area contributed by atoms with Crippen molar-refractivity contribution in [3.8, 4) is 33.4 Å². The van der Waals surface area contributed by atoms with Gasteiger partial charge in [-0.15, -0.1) is 0 Å². The van der Waals surface area contributed by atoms with E-state index >= 15 is 0 Å². The fourth-order valence-corrected chi connectivity index (χ4v) is 20.8. The number of hydrogen-bond acceptors (Lipinski definition) is 0. The van der Waals surface area contributed by atoms with Gasteiger partial charge >= 0.3 is 359 Å². The van der Waals surface area contributed by atoms with Gasteiger partial charge in [0.15, 0.2) is 0 Å². The average molecular weight is 907 g/mol. The Labute approximate surface area is 381 Å². The molecular formula is C57H60Cl2Zr. The monoisotopic (exact) mass is 904 g/mol. The molecule has 6 aromatic rings. The molecule has 6 aromatic carbocycles. The summed E-state index contributed by atoms with van der Waals surface area (Å²) in [7, 11) is 0. The van der Waals surface area contributed by atoms with E-state index in [1.54, 1.807) is 6.49 Å². The zero-order valence-corrected chi connectivity index (χ0v) is 41.1. The van der Waals surface area contributed by atoms with Crippen LogP contribution in [0.3, 0.4) is 0 Å². The zero-order chi connectivity index (χ0) is 41.0. The number of allylic oxidation sites excluding steroid dienone is 4. The predicted octanol–water partition coefficient (Wildman–Crippen LogP) is 9.28. The van der Waals surface area contributed by atoms with Crippen LogP contribution >= 0.6 is 0 Å². The van der Waals surface area contributed by atoms with Gasteiger partial charge < -0.3 is 24.8 Å². The van der Waals surface area contributed by atoms with Gasteiger partial charge in [0.2, 0.25) is 0 Å². The van der Waals surface area contributed by atoms with E-state index in [0.717, 1.165) is 6.42 Å². The van der Waals surface area contributed by atoms with Gasteiger partial charge in [0.25, 0.3) is 0 Å². The zero-order valence-electron chi connectivity index (χ0n) is 37.1. The van der Waals surface area contributed by atoms with Gasteiger partial charge in [0.1, 0.15) is 0 Å². The number of rotatable bonds is 8.